The van der Waals surface area contributed by atoms with Crippen LogP contribution in [0.1, 0.15) is 43.0 Å². The number of carbonyl (C=O) groups excluding carboxylic acids is 3. The number of carbonyl (C=O) groups is 3. The van der Waals surface area contributed by atoms with Gasteiger partial charge in [0, 0.05) is 18.0 Å². The quantitative estimate of drug-likeness (QED) is 0.710. The molecule has 0 saturated carbocycles. The van der Waals surface area contributed by atoms with Crippen LogP contribution in [0.4, 0.5) is 0 Å². The molecule has 1 aromatic rings. The number of rotatable bonds is 7. The van der Waals surface area contributed by atoms with Crippen LogP contribution in [0, 0.1) is 5.92 Å². The van der Waals surface area contributed by atoms with E-state index < -0.39 is 23.7 Å². The number of aliphatic carboxylic acids is 1. The lowest BCUT2D eigenvalue weighted by Gasteiger charge is -2.16. The van der Waals surface area contributed by atoms with Crippen molar-refractivity contribution in [2.24, 2.45) is 5.92 Å². The first-order valence-electron chi connectivity index (χ1n) is 6.89. The fraction of sp³-hybridized carbons (Fsp3) is 0.400. The summed E-state index contributed by atoms with van der Waals surface area (Å²) < 4.78 is 0. The van der Waals surface area contributed by atoms with E-state index in [9.17, 15) is 19.5 Å². The van der Waals surface area contributed by atoms with Crippen LogP contribution < -0.4 is 16.0 Å². The molecule has 1 aromatic carbocycles. The average Bonchev–Trinajstić information content (AvgIpc) is 2.49. The first-order valence-corrected chi connectivity index (χ1v) is 6.89. The van der Waals surface area contributed by atoms with E-state index in [1.165, 1.54) is 0 Å². The van der Waals surface area contributed by atoms with Crippen LogP contribution in [0.25, 0.3) is 0 Å². The Hall–Kier alpha value is -2.37. The van der Waals surface area contributed by atoms with Gasteiger partial charge in [-0.05, 0) is 30.9 Å². The van der Waals surface area contributed by atoms with Crippen LogP contribution in [-0.4, -0.2) is 17.8 Å². The molecule has 0 aliphatic heterocycles. The third kappa shape index (κ3) is 6.07. The lowest BCUT2D eigenvalue weighted by molar-refractivity contribution is -0.312. The van der Waals surface area contributed by atoms with Crippen molar-refractivity contribution in [1.29, 1.82) is 0 Å². The standard InChI is InChI=1S/C15H20N2O4/c1-2-6-12(15(20)21)9-10-13(18)16-17-14(19)11-7-4-3-5-8-11/h3-5,7-8,12H,2,6,9-10H2,1H3,(H,16,18)(H,17,19)(H,20,21)/p-1/t12-/m1/s1. The third-order valence-corrected chi connectivity index (χ3v) is 3.04. The Morgan fingerprint density at radius 3 is 2.33 bits per heavy atom. The van der Waals surface area contributed by atoms with Gasteiger partial charge in [0.15, 0.2) is 0 Å². The van der Waals surface area contributed by atoms with Crippen molar-refractivity contribution in [3.63, 3.8) is 0 Å². The molecule has 0 aliphatic carbocycles. The second-order valence-electron chi connectivity index (χ2n) is 4.71. The van der Waals surface area contributed by atoms with Crippen LogP contribution in [0.15, 0.2) is 30.3 Å². The van der Waals surface area contributed by atoms with Gasteiger partial charge < -0.3 is 9.90 Å². The van der Waals surface area contributed by atoms with Crippen molar-refractivity contribution in [1.82, 2.24) is 10.9 Å². The predicted octanol–water partition coefficient (Wildman–Crippen LogP) is 0.394. The van der Waals surface area contributed by atoms with Crippen molar-refractivity contribution >= 4 is 17.8 Å². The second kappa shape index (κ2) is 8.73. The van der Waals surface area contributed by atoms with E-state index in [-0.39, 0.29) is 12.8 Å². The Morgan fingerprint density at radius 2 is 1.76 bits per heavy atom. The molecule has 6 nitrogen and oxygen atoms in total. The van der Waals surface area contributed by atoms with E-state index in [0.29, 0.717) is 18.4 Å². The number of carboxylic acid groups (broad SMARTS) is 1. The summed E-state index contributed by atoms with van der Waals surface area (Å²) in [6.45, 7) is 1.87. The van der Waals surface area contributed by atoms with Crippen LogP contribution in [0.3, 0.4) is 0 Å². The van der Waals surface area contributed by atoms with Gasteiger partial charge in [-0.25, -0.2) is 0 Å². The topological polar surface area (TPSA) is 98.3 Å². The first-order chi connectivity index (χ1) is 10.0. The summed E-state index contributed by atoms with van der Waals surface area (Å²) >= 11 is 0. The minimum atomic E-state index is -1.14. The maximum atomic E-state index is 11.7. The highest BCUT2D eigenvalue weighted by Crippen LogP contribution is 2.12. The van der Waals surface area contributed by atoms with E-state index in [0.717, 1.165) is 0 Å². The van der Waals surface area contributed by atoms with Gasteiger partial charge in [-0.15, -0.1) is 0 Å². The summed E-state index contributed by atoms with van der Waals surface area (Å²) in [6, 6.07) is 8.45. The summed E-state index contributed by atoms with van der Waals surface area (Å²) in [5.41, 5.74) is 4.97. The second-order valence-corrected chi connectivity index (χ2v) is 4.71. The van der Waals surface area contributed by atoms with Gasteiger partial charge in [0.05, 0.1) is 0 Å². The Balaban J connectivity index is 2.34. The molecule has 114 valence electrons. The normalized spacial score (nSPS) is 11.5. The lowest BCUT2D eigenvalue weighted by atomic mass is 9.98. The minimum Gasteiger partial charge on any atom is -0.550 e. The predicted molar refractivity (Wildman–Crippen MR) is 74.7 cm³/mol. The molecule has 2 N–H and O–H groups in total. The molecule has 0 saturated heterocycles. The highest BCUT2D eigenvalue weighted by Gasteiger charge is 2.12. The molecule has 6 heteroatoms. The van der Waals surface area contributed by atoms with Gasteiger partial charge >= 0.3 is 0 Å². The molecule has 0 unspecified atom stereocenters. The molecule has 0 fully saturated rings. The summed E-state index contributed by atoms with van der Waals surface area (Å²) in [7, 11) is 0. The first kappa shape index (κ1) is 16.7. The molecule has 0 heterocycles. The number of carboxylic acids is 1. The molecule has 0 spiro atoms. The van der Waals surface area contributed by atoms with Crippen LogP contribution in [0.5, 0.6) is 0 Å². The van der Waals surface area contributed by atoms with Crippen molar-refractivity contribution in [2.75, 3.05) is 0 Å². The van der Waals surface area contributed by atoms with Gasteiger partial charge in [-0.2, -0.15) is 0 Å². The molecule has 0 aliphatic rings. The molecule has 0 radical (unpaired) electrons. The highest BCUT2D eigenvalue weighted by molar-refractivity contribution is 5.95. The smallest absolute Gasteiger partial charge is 0.269 e. The Kier molecular flexibility index (Phi) is 6.94. The Labute approximate surface area is 123 Å². The SMILES string of the molecule is CCC[C@H](CCC(=O)NNC(=O)c1ccccc1)C(=O)[O-]. The molecule has 2 amide bonds. The summed E-state index contributed by atoms with van der Waals surface area (Å²) in [6.07, 6.45) is 1.41. The monoisotopic (exact) mass is 291 g/mol. The van der Waals surface area contributed by atoms with Crippen molar-refractivity contribution in [3.05, 3.63) is 35.9 Å². The molecular formula is C15H19N2O4-. The van der Waals surface area contributed by atoms with Crippen LogP contribution in [0.2, 0.25) is 0 Å². The molecule has 1 atom stereocenters. The van der Waals surface area contributed by atoms with Gasteiger partial charge in [-0.3, -0.25) is 20.4 Å². The number of hydrogen-bond donors (Lipinski definition) is 2. The number of hydrogen-bond acceptors (Lipinski definition) is 4. The van der Waals surface area contributed by atoms with Crippen LogP contribution in [-0.2, 0) is 9.59 Å². The molecule has 21 heavy (non-hydrogen) atoms. The fourth-order valence-corrected chi connectivity index (χ4v) is 1.88. The zero-order valence-corrected chi connectivity index (χ0v) is 11.9. The number of nitrogens with one attached hydrogen (secondary N) is 2. The van der Waals surface area contributed by atoms with Gasteiger partial charge in [0.2, 0.25) is 5.91 Å². The number of benzene rings is 1. The Morgan fingerprint density at radius 1 is 1.10 bits per heavy atom. The Bertz CT molecular complexity index is 488. The molecule has 0 aromatic heterocycles. The van der Waals surface area contributed by atoms with Gasteiger partial charge in [0.1, 0.15) is 0 Å². The van der Waals surface area contributed by atoms with Gasteiger partial charge in [0.25, 0.3) is 5.91 Å². The average molecular weight is 291 g/mol. The molecule has 0 bridgehead atoms. The van der Waals surface area contributed by atoms with E-state index in [2.05, 4.69) is 10.9 Å². The summed E-state index contributed by atoms with van der Waals surface area (Å²) in [5.74, 6) is -2.63. The summed E-state index contributed by atoms with van der Waals surface area (Å²) in [5, 5.41) is 10.8. The van der Waals surface area contributed by atoms with E-state index in [1.54, 1.807) is 30.3 Å². The maximum Gasteiger partial charge on any atom is 0.269 e. The molecule has 1 rings (SSSR count). The summed E-state index contributed by atoms with van der Waals surface area (Å²) in [4.78, 5) is 34.1. The van der Waals surface area contributed by atoms with E-state index in [4.69, 9.17) is 0 Å². The molecular weight excluding hydrogens is 272 g/mol. The van der Waals surface area contributed by atoms with E-state index >= 15 is 0 Å². The zero-order valence-electron chi connectivity index (χ0n) is 11.9. The fourth-order valence-electron chi connectivity index (χ4n) is 1.88. The number of hydrazine groups is 1. The van der Waals surface area contributed by atoms with Gasteiger partial charge in [-0.1, -0.05) is 31.5 Å². The third-order valence-electron chi connectivity index (χ3n) is 3.04. The zero-order chi connectivity index (χ0) is 15.7. The largest absolute Gasteiger partial charge is 0.550 e. The lowest BCUT2D eigenvalue weighted by Crippen LogP contribution is -2.42. The van der Waals surface area contributed by atoms with E-state index in [1.807, 2.05) is 6.92 Å². The number of amides is 2. The van der Waals surface area contributed by atoms with Crippen LogP contribution >= 0.6 is 0 Å². The van der Waals surface area contributed by atoms with Crippen molar-refractivity contribution in [2.45, 2.75) is 32.6 Å². The van der Waals surface area contributed by atoms with Crippen molar-refractivity contribution < 1.29 is 19.5 Å². The minimum absolute atomic E-state index is 0.0215. The maximum absolute atomic E-state index is 11.7. The highest BCUT2D eigenvalue weighted by atomic mass is 16.4. The van der Waals surface area contributed by atoms with Crippen molar-refractivity contribution in [3.8, 4) is 0 Å².